The van der Waals surface area contributed by atoms with Crippen LogP contribution in [0.15, 0.2) is 138 Å². The third kappa shape index (κ3) is 5.16. The number of fused-ring (bicyclic) bond motifs is 9. The van der Waals surface area contributed by atoms with Crippen molar-refractivity contribution in [2.75, 3.05) is 0 Å². The second-order valence-electron chi connectivity index (χ2n) is 17.0. The Bertz CT molecular complexity index is 3560. The first-order chi connectivity index (χ1) is 28.6. The van der Waals surface area contributed by atoms with E-state index in [9.17, 15) is 0 Å². The fourth-order valence-electron chi connectivity index (χ4n) is 10.4. The Balaban J connectivity index is 1.24. The van der Waals surface area contributed by atoms with Crippen molar-refractivity contribution in [1.82, 2.24) is 0 Å². The van der Waals surface area contributed by atoms with Gasteiger partial charge in [-0.25, -0.2) is 0 Å². The number of furan rings is 1. The summed E-state index contributed by atoms with van der Waals surface area (Å²) in [5, 5.41) is 15.3. The van der Waals surface area contributed by atoms with E-state index in [0.717, 1.165) is 21.9 Å². The molecule has 0 bridgehead atoms. The molecule has 0 saturated heterocycles. The molecule has 0 saturated carbocycles. The van der Waals surface area contributed by atoms with Gasteiger partial charge in [-0.2, -0.15) is 0 Å². The smallest absolute Gasteiger partial charge is 0.139 e. The highest BCUT2D eigenvalue weighted by molar-refractivity contribution is 6.71. The molecule has 1 heterocycles. The molecule has 0 fully saturated rings. The molecule has 11 rings (SSSR count). The Hall–Kier alpha value is -6.18. The number of hydrogen-bond acceptors (Lipinski definition) is 1. The largest absolute Gasteiger partial charge is 0.456 e. The number of hydrogen-bond donors (Lipinski definition) is 0. The first kappa shape index (κ1) is 35.9. The second kappa shape index (κ2) is 13.2. The van der Waals surface area contributed by atoms with Crippen LogP contribution in [0.3, 0.4) is 0 Å². The normalized spacial score (nSPS) is 11.9. The quantitative estimate of drug-likeness (QED) is 0.146. The van der Waals surface area contributed by atoms with E-state index in [2.05, 4.69) is 196 Å². The Morgan fingerprint density at radius 2 is 0.729 bits per heavy atom. The molecule has 1 nitrogen and oxygen atoms in total. The summed E-state index contributed by atoms with van der Waals surface area (Å²) in [6, 6.07) is 49.4. The molecule has 0 aliphatic carbocycles. The van der Waals surface area contributed by atoms with Gasteiger partial charge in [0.15, 0.2) is 0 Å². The molecular weight excluding hydrogens is 703 g/mol. The summed E-state index contributed by atoms with van der Waals surface area (Å²) in [6.07, 6.45) is 0. The first-order valence-corrected chi connectivity index (χ1v) is 20.9. The van der Waals surface area contributed by atoms with Crippen molar-refractivity contribution in [3.63, 3.8) is 0 Å². The van der Waals surface area contributed by atoms with E-state index < -0.39 is 0 Å². The van der Waals surface area contributed by atoms with Gasteiger partial charge in [0, 0.05) is 10.8 Å². The van der Waals surface area contributed by atoms with Gasteiger partial charge in [0.25, 0.3) is 0 Å². The zero-order valence-corrected chi connectivity index (χ0v) is 35.1. The minimum absolute atomic E-state index is 0.920. The topological polar surface area (TPSA) is 13.1 Å². The standard InChI is InChI=1S/C50H38B8O/c51-43-39-37(24-15-13-23(14-16-24)32-20-27-9-3-4-10-29(27)30-11-5-6-12-31(30)32)40-42(46(54)50(58)48(56)44(40)52)38(41(39)45(53)49(57)47(43)55)28-17-18-35-33(21-28)34-19-25-7-1-2-8-26(25)22-36(34)59-35/h1-22H,51-58H2. The van der Waals surface area contributed by atoms with Crippen LogP contribution in [0.4, 0.5) is 0 Å². The lowest BCUT2D eigenvalue weighted by Crippen LogP contribution is -2.50. The fraction of sp³-hybridized carbons (Fsp3) is 0. The minimum atomic E-state index is 0.920. The van der Waals surface area contributed by atoms with Crippen LogP contribution in [0.2, 0.25) is 0 Å². The van der Waals surface area contributed by atoms with Crippen molar-refractivity contribution < 1.29 is 4.42 Å². The van der Waals surface area contributed by atoms with Crippen LogP contribution < -0.4 is 43.7 Å². The van der Waals surface area contributed by atoms with Crippen LogP contribution >= 0.6 is 0 Å². The monoisotopic (exact) mass is 742 g/mol. The molecule has 0 radical (unpaired) electrons. The molecule has 0 aliphatic heterocycles. The lowest BCUT2D eigenvalue weighted by molar-refractivity contribution is 0.669. The van der Waals surface area contributed by atoms with Crippen molar-refractivity contribution in [1.29, 1.82) is 0 Å². The molecule has 0 aliphatic rings. The van der Waals surface area contributed by atoms with E-state index in [1.54, 1.807) is 0 Å². The molecule has 9 heteroatoms. The highest BCUT2D eigenvalue weighted by Gasteiger charge is 2.26. The molecule has 0 spiro atoms. The van der Waals surface area contributed by atoms with Crippen LogP contribution in [-0.2, 0) is 0 Å². The minimum Gasteiger partial charge on any atom is -0.456 e. The summed E-state index contributed by atoms with van der Waals surface area (Å²) in [7, 11) is 18.6. The van der Waals surface area contributed by atoms with Gasteiger partial charge in [-0.3, -0.25) is 0 Å². The van der Waals surface area contributed by atoms with Crippen LogP contribution in [-0.4, -0.2) is 62.8 Å². The lowest BCUT2D eigenvalue weighted by Gasteiger charge is -2.28. The molecule has 10 aromatic carbocycles. The highest BCUT2D eigenvalue weighted by Crippen LogP contribution is 2.43. The molecule has 0 unspecified atom stereocenters. The van der Waals surface area contributed by atoms with Gasteiger partial charge < -0.3 is 4.42 Å². The molecule has 1 aromatic heterocycles. The third-order valence-corrected chi connectivity index (χ3v) is 14.3. The van der Waals surface area contributed by atoms with Crippen LogP contribution in [0.1, 0.15) is 0 Å². The Labute approximate surface area is 351 Å². The number of benzene rings is 10. The zero-order valence-electron chi connectivity index (χ0n) is 35.1. The summed E-state index contributed by atoms with van der Waals surface area (Å²) in [5.41, 5.74) is 20.3. The van der Waals surface area contributed by atoms with Gasteiger partial charge in [-0.1, -0.05) is 125 Å². The van der Waals surface area contributed by atoms with Crippen LogP contribution in [0, 0.1) is 0 Å². The fourth-order valence-corrected chi connectivity index (χ4v) is 10.4. The lowest BCUT2D eigenvalue weighted by atomic mass is 9.59. The van der Waals surface area contributed by atoms with E-state index >= 15 is 0 Å². The van der Waals surface area contributed by atoms with Crippen molar-refractivity contribution in [2.24, 2.45) is 0 Å². The van der Waals surface area contributed by atoms with Crippen LogP contribution in [0.5, 0.6) is 0 Å². The van der Waals surface area contributed by atoms with Gasteiger partial charge in [-0.15, -0.1) is 21.9 Å². The molecular formula is C50H38B8O. The van der Waals surface area contributed by atoms with Crippen LogP contribution in [0.25, 0.3) is 109 Å². The van der Waals surface area contributed by atoms with Gasteiger partial charge in [-0.05, 0) is 118 Å². The Kier molecular flexibility index (Phi) is 8.02. The van der Waals surface area contributed by atoms with E-state index in [0.29, 0.717) is 0 Å². The maximum atomic E-state index is 6.54. The summed E-state index contributed by atoms with van der Waals surface area (Å²) < 4.78 is 6.54. The van der Waals surface area contributed by atoms with Gasteiger partial charge in [0.05, 0.1) is 0 Å². The highest BCUT2D eigenvalue weighted by atomic mass is 16.3. The van der Waals surface area contributed by atoms with Crippen molar-refractivity contribution in [2.45, 2.75) is 0 Å². The molecule has 0 N–H and O–H groups in total. The average molecular weight is 741 g/mol. The Morgan fingerprint density at radius 1 is 0.288 bits per heavy atom. The molecule has 59 heavy (non-hydrogen) atoms. The Morgan fingerprint density at radius 3 is 1.32 bits per heavy atom. The van der Waals surface area contributed by atoms with Gasteiger partial charge in [0.2, 0.25) is 0 Å². The predicted molar refractivity (Wildman–Crippen MR) is 283 cm³/mol. The summed E-state index contributed by atoms with van der Waals surface area (Å²) in [4.78, 5) is 0. The molecule has 11 aromatic rings. The SMILES string of the molecule is Bc1c(B)c(B)c2c(-c3ccc4oc5cc6ccccc6cc5c4c3)c3c(B)c(B)c(B)c(B)c3c(-c3ccc(-c4cc5ccccc5c5ccccc45)cc3)c2c1B. The average Bonchev–Trinajstić information content (AvgIpc) is 3.63. The third-order valence-electron chi connectivity index (χ3n) is 14.3. The predicted octanol–water partition coefficient (Wildman–Crippen LogP) is 0.420. The van der Waals surface area contributed by atoms with Crippen molar-refractivity contribution >= 4 is 182 Å². The number of rotatable bonds is 3. The van der Waals surface area contributed by atoms with E-state index in [4.69, 9.17) is 4.42 Å². The van der Waals surface area contributed by atoms with Gasteiger partial charge in [0.1, 0.15) is 73.9 Å². The molecule has 0 atom stereocenters. The first-order valence-electron chi connectivity index (χ1n) is 20.9. The maximum Gasteiger partial charge on any atom is 0.139 e. The van der Waals surface area contributed by atoms with E-state index in [1.165, 1.54) is 131 Å². The van der Waals surface area contributed by atoms with Crippen molar-refractivity contribution in [3.8, 4) is 33.4 Å². The van der Waals surface area contributed by atoms with Crippen molar-refractivity contribution in [3.05, 3.63) is 133 Å². The van der Waals surface area contributed by atoms with E-state index in [1.807, 2.05) is 0 Å². The van der Waals surface area contributed by atoms with Gasteiger partial charge >= 0.3 is 0 Å². The van der Waals surface area contributed by atoms with E-state index in [-0.39, 0.29) is 0 Å². The zero-order chi connectivity index (χ0) is 40.4. The summed E-state index contributed by atoms with van der Waals surface area (Å²) in [5.74, 6) is 0. The molecule has 0 amide bonds. The second-order valence-corrected chi connectivity index (χ2v) is 17.0. The summed E-state index contributed by atoms with van der Waals surface area (Å²) in [6.45, 7) is 0. The maximum absolute atomic E-state index is 6.54. The molecule has 268 valence electrons. The summed E-state index contributed by atoms with van der Waals surface area (Å²) >= 11 is 0.